The van der Waals surface area contributed by atoms with E-state index in [1.165, 1.54) is 0 Å². The molecule has 1 unspecified atom stereocenters. The molecule has 1 rings (SSSR count). The van der Waals surface area contributed by atoms with Crippen LogP contribution in [-0.4, -0.2) is 25.0 Å². The molecule has 0 aliphatic carbocycles. The first kappa shape index (κ1) is 16.0. The fourth-order valence-corrected chi connectivity index (χ4v) is 1.76. The highest BCUT2D eigenvalue weighted by molar-refractivity contribution is 5.81. The molecule has 20 heavy (non-hydrogen) atoms. The zero-order valence-corrected chi connectivity index (χ0v) is 12.5. The smallest absolute Gasteiger partial charge is 0.239 e. The van der Waals surface area contributed by atoms with E-state index in [1.54, 1.807) is 0 Å². The van der Waals surface area contributed by atoms with Crippen molar-refractivity contribution in [3.8, 4) is 6.07 Å². The first-order chi connectivity index (χ1) is 9.54. The van der Waals surface area contributed by atoms with Gasteiger partial charge in [0.05, 0.1) is 19.0 Å². The van der Waals surface area contributed by atoms with Crippen LogP contribution in [0.15, 0.2) is 30.3 Å². The number of carbonyl (C=O) groups is 1. The molecule has 1 atom stereocenters. The molecule has 4 heteroatoms. The van der Waals surface area contributed by atoms with E-state index in [0.29, 0.717) is 18.9 Å². The zero-order chi connectivity index (χ0) is 15.0. The first-order valence-electron chi connectivity index (χ1n) is 7.01. The van der Waals surface area contributed by atoms with Crippen LogP contribution in [-0.2, 0) is 4.79 Å². The van der Waals surface area contributed by atoms with E-state index in [4.69, 9.17) is 5.26 Å². The molecule has 0 fully saturated rings. The van der Waals surface area contributed by atoms with Gasteiger partial charge in [0.25, 0.3) is 0 Å². The Bertz CT molecular complexity index is 451. The van der Waals surface area contributed by atoms with Gasteiger partial charge in [0.1, 0.15) is 0 Å². The van der Waals surface area contributed by atoms with E-state index in [-0.39, 0.29) is 18.5 Å². The minimum absolute atomic E-state index is 0.00649. The third kappa shape index (κ3) is 5.31. The van der Waals surface area contributed by atoms with Gasteiger partial charge < -0.3 is 10.2 Å². The fraction of sp³-hybridized carbons (Fsp3) is 0.500. The van der Waals surface area contributed by atoms with Crippen LogP contribution in [0.2, 0.25) is 0 Å². The van der Waals surface area contributed by atoms with E-state index < -0.39 is 0 Å². The van der Waals surface area contributed by atoms with Gasteiger partial charge in [0.15, 0.2) is 0 Å². The van der Waals surface area contributed by atoms with Crippen molar-refractivity contribution in [2.24, 2.45) is 5.92 Å². The number of rotatable bonds is 7. The molecule has 0 heterocycles. The molecule has 1 amide bonds. The van der Waals surface area contributed by atoms with Crippen LogP contribution in [0.1, 0.15) is 27.2 Å². The largest absolute Gasteiger partial charge is 0.361 e. The summed E-state index contributed by atoms with van der Waals surface area (Å²) in [6.07, 6.45) is 0.405. The van der Waals surface area contributed by atoms with E-state index in [9.17, 15) is 4.79 Å². The van der Waals surface area contributed by atoms with E-state index >= 15 is 0 Å². The topological polar surface area (TPSA) is 56.1 Å². The number of hydrogen-bond donors (Lipinski definition) is 1. The molecule has 1 aromatic carbocycles. The van der Waals surface area contributed by atoms with Crippen LogP contribution in [0.5, 0.6) is 0 Å². The summed E-state index contributed by atoms with van der Waals surface area (Å²) < 4.78 is 0. The minimum Gasteiger partial charge on any atom is -0.361 e. The second-order valence-electron chi connectivity index (χ2n) is 5.27. The molecule has 0 saturated heterocycles. The fourth-order valence-electron chi connectivity index (χ4n) is 1.76. The standard InChI is InChI=1S/C16H23N3O/c1-13(2)14(3)18-16(20)12-19(11-7-10-17)15-8-5-4-6-9-15/h4-6,8-9,13-14H,7,11-12H2,1-3H3,(H,18,20). The van der Waals surface area contributed by atoms with Gasteiger partial charge >= 0.3 is 0 Å². The lowest BCUT2D eigenvalue weighted by molar-refractivity contribution is -0.120. The van der Waals surface area contributed by atoms with Gasteiger partial charge in [0, 0.05) is 18.3 Å². The second kappa shape index (κ2) is 8.21. The lowest BCUT2D eigenvalue weighted by Gasteiger charge is -2.25. The third-order valence-corrected chi connectivity index (χ3v) is 3.34. The summed E-state index contributed by atoms with van der Waals surface area (Å²) in [5.74, 6) is 0.399. The predicted octanol–water partition coefficient (Wildman–Crippen LogP) is 2.57. The van der Waals surface area contributed by atoms with Gasteiger partial charge in [-0.25, -0.2) is 0 Å². The number of para-hydroxylation sites is 1. The maximum absolute atomic E-state index is 12.1. The number of carbonyl (C=O) groups excluding carboxylic acids is 1. The molecule has 0 aliphatic rings. The highest BCUT2D eigenvalue weighted by Gasteiger charge is 2.14. The van der Waals surface area contributed by atoms with Crippen LogP contribution < -0.4 is 10.2 Å². The van der Waals surface area contributed by atoms with Crippen LogP contribution in [0.3, 0.4) is 0 Å². The molecular weight excluding hydrogens is 250 g/mol. The Morgan fingerprint density at radius 1 is 1.30 bits per heavy atom. The molecule has 0 bridgehead atoms. The number of hydrogen-bond acceptors (Lipinski definition) is 3. The molecule has 1 aromatic rings. The Morgan fingerprint density at radius 2 is 1.95 bits per heavy atom. The predicted molar refractivity (Wildman–Crippen MR) is 81.3 cm³/mol. The summed E-state index contributed by atoms with van der Waals surface area (Å²) in [6.45, 7) is 7.00. The first-order valence-corrected chi connectivity index (χ1v) is 7.01. The average molecular weight is 273 g/mol. The van der Waals surface area contributed by atoms with Gasteiger partial charge in [0.2, 0.25) is 5.91 Å². The van der Waals surface area contributed by atoms with Gasteiger partial charge in [-0.05, 0) is 25.0 Å². The lowest BCUT2D eigenvalue weighted by atomic mass is 10.1. The van der Waals surface area contributed by atoms with Gasteiger partial charge in [-0.1, -0.05) is 32.0 Å². The maximum atomic E-state index is 12.1. The Morgan fingerprint density at radius 3 is 2.50 bits per heavy atom. The summed E-state index contributed by atoms with van der Waals surface area (Å²) >= 11 is 0. The summed E-state index contributed by atoms with van der Waals surface area (Å²) in [5, 5.41) is 11.7. The van der Waals surface area contributed by atoms with Gasteiger partial charge in [-0.2, -0.15) is 5.26 Å². The quantitative estimate of drug-likeness (QED) is 0.830. The number of nitriles is 1. The van der Waals surface area contributed by atoms with Crippen LogP contribution in [0.25, 0.3) is 0 Å². The molecule has 0 spiro atoms. The number of amides is 1. The Hall–Kier alpha value is -2.02. The van der Waals surface area contributed by atoms with E-state index in [1.807, 2.05) is 42.2 Å². The molecule has 0 radical (unpaired) electrons. The highest BCUT2D eigenvalue weighted by Crippen LogP contribution is 2.13. The van der Waals surface area contributed by atoms with Gasteiger partial charge in [-0.15, -0.1) is 0 Å². The van der Waals surface area contributed by atoms with Crippen LogP contribution >= 0.6 is 0 Å². The number of anilines is 1. The monoisotopic (exact) mass is 273 g/mol. The Balaban J connectivity index is 2.66. The summed E-state index contributed by atoms with van der Waals surface area (Å²) in [4.78, 5) is 14.0. The van der Waals surface area contributed by atoms with Crippen molar-refractivity contribution in [3.05, 3.63) is 30.3 Å². The molecule has 4 nitrogen and oxygen atoms in total. The normalized spacial score (nSPS) is 11.8. The van der Waals surface area contributed by atoms with E-state index in [2.05, 4.69) is 25.2 Å². The number of nitrogens with one attached hydrogen (secondary N) is 1. The second-order valence-corrected chi connectivity index (χ2v) is 5.27. The van der Waals surface area contributed by atoms with Crippen molar-refractivity contribution in [3.63, 3.8) is 0 Å². The minimum atomic E-state index is -0.00649. The Kier molecular flexibility index (Phi) is 6.58. The highest BCUT2D eigenvalue weighted by atomic mass is 16.2. The van der Waals surface area contributed by atoms with Crippen molar-refractivity contribution in [1.82, 2.24) is 5.32 Å². The maximum Gasteiger partial charge on any atom is 0.239 e. The molecule has 0 aliphatic heterocycles. The Labute approximate surface area is 121 Å². The molecule has 0 aromatic heterocycles. The van der Waals surface area contributed by atoms with Crippen LogP contribution in [0, 0.1) is 17.2 Å². The van der Waals surface area contributed by atoms with Gasteiger partial charge in [-0.3, -0.25) is 4.79 Å². The zero-order valence-electron chi connectivity index (χ0n) is 12.5. The van der Waals surface area contributed by atoms with Crippen molar-refractivity contribution < 1.29 is 4.79 Å². The molecule has 108 valence electrons. The molecule has 1 N–H and O–H groups in total. The summed E-state index contributed by atoms with van der Waals surface area (Å²) in [7, 11) is 0. The lowest BCUT2D eigenvalue weighted by Crippen LogP contribution is -2.43. The number of nitrogens with zero attached hydrogens (tertiary/aromatic N) is 2. The van der Waals surface area contributed by atoms with Crippen molar-refractivity contribution >= 4 is 11.6 Å². The van der Waals surface area contributed by atoms with Crippen LogP contribution in [0.4, 0.5) is 5.69 Å². The van der Waals surface area contributed by atoms with E-state index in [0.717, 1.165) is 5.69 Å². The third-order valence-electron chi connectivity index (χ3n) is 3.34. The summed E-state index contributed by atoms with van der Waals surface area (Å²) in [5.41, 5.74) is 0.968. The molecular formula is C16H23N3O. The van der Waals surface area contributed by atoms with Crippen molar-refractivity contribution in [1.29, 1.82) is 5.26 Å². The number of benzene rings is 1. The molecule has 0 saturated carbocycles. The summed E-state index contributed by atoms with van der Waals surface area (Å²) in [6, 6.07) is 12.0. The average Bonchev–Trinajstić information content (AvgIpc) is 2.44. The SMILES string of the molecule is CC(C)C(C)NC(=O)CN(CCC#N)c1ccccc1. The van der Waals surface area contributed by atoms with Crippen molar-refractivity contribution in [2.75, 3.05) is 18.0 Å². The van der Waals surface area contributed by atoms with Crippen molar-refractivity contribution in [2.45, 2.75) is 33.2 Å².